The Morgan fingerprint density at radius 3 is 2.26 bits per heavy atom. The average Bonchev–Trinajstić information content (AvgIpc) is 2.58. The number of hydrogen-bond donors (Lipinski definition) is 1. The molecule has 0 N–H and O–H groups in total. The van der Waals surface area contributed by atoms with E-state index in [0.717, 1.165) is 28.1 Å². The van der Waals surface area contributed by atoms with Crippen LogP contribution in [0.1, 0.15) is 23.6 Å². The highest BCUT2D eigenvalue weighted by Gasteiger charge is 2.14. The van der Waals surface area contributed by atoms with Crippen molar-refractivity contribution in [2.45, 2.75) is 13.3 Å². The minimum atomic E-state index is 0.681. The molecule has 0 atom stereocenters. The van der Waals surface area contributed by atoms with Crippen LogP contribution in [0.2, 0.25) is 0 Å². The second-order valence-electron chi connectivity index (χ2n) is 4.79. The van der Waals surface area contributed by atoms with Gasteiger partial charge in [0.2, 0.25) is 0 Å². The van der Waals surface area contributed by atoms with Crippen LogP contribution in [-0.2, 0) is 6.42 Å². The van der Waals surface area contributed by atoms with E-state index in [4.69, 9.17) is 9.47 Å². The molecule has 2 aromatic rings. The van der Waals surface area contributed by atoms with E-state index in [1.165, 1.54) is 5.55 Å². The molecule has 23 heavy (non-hydrogen) atoms. The molecule has 0 aliphatic heterocycles. The lowest BCUT2D eigenvalue weighted by Gasteiger charge is -2.14. The van der Waals surface area contributed by atoms with Gasteiger partial charge in [0, 0.05) is 17.5 Å². The molecule has 0 radical (unpaired) electrons. The lowest BCUT2D eigenvalue weighted by Crippen LogP contribution is -1.97. The number of nitrogens with zero attached hydrogens (tertiary/aromatic N) is 1. The van der Waals surface area contributed by atoms with Crippen LogP contribution < -0.4 is 9.47 Å². The van der Waals surface area contributed by atoms with Gasteiger partial charge in [-0.15, -0.1) is 18.5 Å². The highest BCUT2D eigenvalue weighted by atomic mass is 32.1. The summed E-state index contributed by atoms with van der Waals surface area (Å²) in [7, 11) is 3.28. The Labute approximate surface area is 142 Å². The summed E-state index contributed by atoms with van der Waals surface area (Å²) in [6, 6.07) is 11.9. The fourth-order valence-electron chi connectivity index (χ4n) is 2.38. The lowest BCUT2D eigenvalue weighted by molar-refractivity contribution is 0.401. The van der Waals surface area contributed by atoms with E-state index in [1.54, 1.807) is 14.2 Å². The predicted molar refractivity (Wildman–Crippen MR) is 98.5 cm³/mol. The average molecular weight is 325 g/mol. The second-order valence-corrected chi connectivity index (χ2v) is 5.02. The smallest absolute Gasteiger partial charge is 0.145 e. The normalized spacial score (nSPS) is 10.3. The monoisotopic (exact) mass is 325 g/mol. The van der Waals surface area contributed by atoms with Crippen molar-refractivity contribution in [2.75, 3.05) is 14.2 Å². The van der Waals surface area contributed by atoms with Gasteiger partial charge >= 0.3 is 0 Å². The van der Waals surface area contributed by atoms with Crippen LogP contribution in [0.25, 0.3) is 0 Å². The van der Waals surface area contributed by atoms with Gasteiger partial charge in [-0.1, -0.05) is 18.1 Å². The van der Waals surface area contributed by atoms with E-state index < -0.39 is 0 Å². The molecule has 2 aromatic carbocycles. The Bertz CT molecular complexity index is 755. The molecule has 0 saturated heterocycles. The molecule has 2 rings (SSSR count). The number of rotatable bonds is 5. The van der Waals surface area contributed by atoms with Crippen LogP contribution in [0.4, 0.5) is 5.69 Å². The summed E-state index contributed by atoms with van der Waals surface area (Å²) in [6.45, 7) is 1.83. The first-order chi connectivity index (χ1) is 11.2. The summed E-state index contributed by atoms with van der Waals surface area (Å²) >= 11 is 4.09. The standard InChI is InChI=1S/C19H19NO2S/c1-4-5-14-6-8-15(9-7-14)12-16-17(21-2)10-11-18(22-3)19(16)20-13-23/h6-11,13H,12H2,1-3H3,(H,20,23). The van der Waals surface area contributed by atoms with Crippen molar-refractivity contribution in [1.82, 2.24) is 0 Å². The fourth-order valence-corrected chi connectivity index (χ4v) is 2.49. The summed E-state index contributed by atoms with van der Waals surface area (Å²) in [5.41, 5.74) is 5.31. The van der Waals surface area contributed by atoms with Crippen LogP contribution in [0.15, 0.2) is 41.4 Å². The number of aliphatic imine (C=N–C) groups is 1. The van der Waals surface area contributed by atoms with Crippen LogP contribution >= 0.6 is 12.6 Å². The number of benzene rings is 2. The van der Waals surface area contributed by atoms with Gasteiger partial charge in [-0.25, -0.2) is 4.99 Å². The zero-order valence-corrected chi connectivity index (χ0v) is 14.4. The zero-order chi connectivity index (χ0) is 16.7. The first kappa shape index (κ1) is 17.0. The maximum absolute atomic E-state index is 5.49. The molecule has 3 nitrogen and oxygen atoms in total. The molecule has 0 aromatic heterocycles. The van der Waals surface area contributed by atoms with Crippen LogP contribution in [0, 0.1) is 11.8 Å². The van der Waals surface area contributed by atoms with Gasteiger partial charge in [-0.2, -0.15) is 0 Å². The minimum Gasteiger partial charge on any atom is -0.496 e. The quantitative estimate of drug-likeness (QED) is 0.385. The number of hydrogen-bond acceptors (Lipinski definition) is 3. The molecule has 0 fully saturated rings. The summed E-state index contributed by atoms with van der Waals surface area (Å²) in [5.74, 6) is 7.41. The molecule has 0 aliphatic carbocycles. The molecular formula is C19H19NO2S. The predicted octanol–water partition coefficient (Wildman–Crippen LogP) is 4.26. The molecule has 118 valence electrons. The van der Waals surface area contributed by atoms with Crippen molar-refractivity contribution >= 4 is 23.9 Å². The first-order valence-corrected chi connectivity index (χ1v) is 7.67. The van der Waals surface area contributed by atoms with Crippen molar-refractivity contribution in [3.05, 3.63) is 53.1 Å². The van der Waals surface area contributed by atoms with Gasteiger partial charge in [-0.05, 0) is 36.8 Å². The van der Waals surface area contributed by atoms with E-state index in [2.05, 4.69) is 41.6 Å². The molecule has 4 heteroatoms. The molecule has 0 saturated carbocycles. The Hall–Kier alpha value is -2.38. The molecule has 0 spiro atoms. The Morgan fingerprint density at radius 2 is 1.70 bits per heavy atom. The van der Waals surface area contributed by atoms with Crippen LogP contribution in [0.3, 0.4) is 0 Å². The van der Waals surface area contributed by atoms with Crippen molar-refractivity contribution in [2.24, 2.45) is 4.99 Å². The molecule has 0 bridgehead atoms. The van der Waals surface area contributed by atoms with E-state index >= 15 is 0 Å². The molecule has 0 aliphatic rings. The Kier molecular flexibility index (Phi) is 6.13. The summed E-state index contributed by atoms with van der Waals surface area (Å²) in [4.78, 5) is 4.34. The van der Waals surface area contributed by atoms with Crippen molar-refractivity contribution in [3.8, 4) is 23.3 Å². The third-order valence-corrected chi connectivity index (χ3v) is 3.55. The van der Waals surface area contributed by atoms with Crippen LogP contribution in [0.5, 0.6) is 11.5 Å². The van der Waals surface area contributed by atoms with E-state index in [9.17, 15) is 0 Å². The lowest BCUT2D eigenvalue weighted by atomic mass is 10.0. The minimum absolute atomic E-state index is 0.681. The van der Waals surface area contributed by atoms with E-state index in [-0.39, 0.29) is 0 Å². The largest absolute Gasteiger partial charge is 0.496 e. The summed E-state index contributed by atoms with van der Waals surface area (Å²) in [6.07, 6.45) is 0.681. The van der Waals surface area contributed by atoms with Crippen LogP contribution in [-0.4, -0.2) is 19.8 Å². The molecular weight excluding hydrogens is 306 g/mol. The molecule has 0 unspecified atom stereocenters. The van der Waals surface area contributed by atoms with Gasteiger partial charge in [-0.3, -0.25) is 0 Å². The summed E-state index contributed by atoms with van der Waals surface area (Å²) < 4.78 is 10.9. The second kappa shape index (κ2) is 8.30. The van der Waals surface area contributed by atoms with Gasteiger partial charge in [0.25, 0.3) is 0 Å². The number of ether oxygens (including phenoxy) is 2. The van der Waals surface area contributed by atoms with Crippen molar-refractivity contribution < 1.29 is 9.47 Å². The van der Waals surface area contributed by atoms with Gasteiger partial charge < -0.3 is 9.47 Å². The summed E-state index contributed by atoms with van der Waals surface area (Å²) in [5, 5.41) is 0. The van der Waals surface area contributed by atoms with Crippen molar-refractivity contribution in [1.29, 1.82) is 0 Å². The third-order valence-electron chi connectivity index (χ3n) is 3.43. The van der Waals surface area contributed by atoms with E-state index in [0.29, 0.717) is 12.2 Å². The fraction of sp³-hybridized carbons (Fsp3) is 0.211. The maximum atomic E-state index is 5.49. The SMILES string of the molecule is CC#Cc1ccc(Cc2c(OC)ccc(OC)c2/N=C\S)cc1. The van der Waals surface area contributed by atoms with Crippen molar-refractivity contribution in [3.63, 3.8) is 0 Å². The Morgan fingerprint density at radius 1 is 1.04 bits per heavy atom. The topological polar surface area (TPSA) is 30.8 Å². The van der Waals surface area contributed by atoms with Gasteiger partial charge in [0.15, 0.2) is 0 Å². The van der Waals surface area contributed by atoms with E-state index in [1.807, 2.05) is 31.2 Å². The molecule has 0 amide bonds. The highest BCUT2D eigenvalue weighted by molar-refractivity contribution is 7.94. The maximum Gasteiger partial charge on any atom is 0.145 e. The van der Waals surface area contributed by atoms with Gasteiger partial charge in [0.05, 0.1) is 19.8 Å². The number of thiol groups is 1. The first-order valence-electron chi connectivity index (χ1n) is 7.15. The Balaban J connectivity index is 2.45. The zero-order valence-electron chi connectivity index (χ0n) is 13.5. The third kappa shape index (κ3) is 4.08. The van der Waals surface area contributed by atoms with Gasteiger partial charge in [0.1, 0.15) is 17.2 Å². The highest BCUT2D eigenvalue weighted by Crippen LogP contribution is 2.39. The number of methoxy groups -OCH3 is 2. The molecule has 0 heterocycles.